The first-order valence-electron chi connectivity index (χ1n) is 8.02. The SMILES string of the molecule is CNCc1cnc(OCC2CCCCC2)c2ccccc12. The summed E-state index contributed by atoms with van der Waals surface area (Å²) in [6, 6.07) is 8.39. The van der Waals surface area contributed by atoms with Crippen LogP contribution in [0.25, 0.3) is 10.8 Å². The molecule has 3 rings (SSSR count). The van der Waals surface area contributed by atoms with Gasteiger partial charge >= 0.3 is 0 Å². The normalized spacial score (nSPS) is 16.2. The molecular formula is C18H24N2O. The minimum absolute atomic E-state index is 0.705. The van der Waals surface area contributed by atoms with Crippen LogP contribution in [0.3, 0.4) is 0 Å². The summed E-state index contributed by atoms with van der Waals surface area (Å²) in [5.74, 6) is 1.49. The van der Waals surface area contributed by atoms with Crippen molar-refractivity contribution in [3.8, 4) is 5.88 Å². The van der Waals surface area contributed by atoms with Crippen molar-refractivity contribution >= 4 is 10.8 Å². The van der Waals surface area contributed by atoms with Gasteiger partial charge in [-0.15, -0.1) is 0 Å². The fourth-order valence-electron chi connectivity index (χ4n) is 3.22. The summed E-state index contributed by atoms with van der Waals surface area (Å²) in [5.41, 5.74) is 1.22. The molecule has 0 radical (unpaired) electrons. The number of ether oxygens (including phenoxy) is 1. The molecule has 0 amide bonds. The maximum absolute atomic E-state index is 6.06. The van der Waals surface area contributed by atoms with E-state index in [1.165, 1.54) is 43.1 Å². The van der Waals surface area contributed by atoms with Crippen LogP contribution in [-0.2, 0) is 6.54 Å². The van der Waals surface area contributed by atoms with E-state index in [0.717, 1.165) is 24.4 Å². The molecule has 0 saturated heterocycles. The van der Waals surface area contributed by atoms with Gasteiger partial charge in [-0.2, -0.15) is 0 Å². The van der Waals surface area contributed by atoms with Crippen LogP contribution in [0, 0.1) is 5.92 Å². The van der Waals surface area contributed by atoms with Gasteiger partial charge in [0.1, 0.15) is 0 Å². The van der Waals surface area contributed by atoms with Crippen LogP contribution >= 0.6 is 0 Å². The lowest BCUT2D eigenvalue weighted by atomic mass is 9.90. The molecule has 3 nitrogen and oxygen atoms in total. The molecule has 1 fully saturated rings. The van der Waals surface area contributed by atoms with Crippen LogP contribution in [0.5, 0.6) is 5.88 Å². The number of nitrogens with one attached hydrogen (secondary N) is 1. The van der Waals surface area contributed by atoms with E-state index in [9.17, 15) is 0 Å². The Morgan fingerprint density at radius 3 is 2.67 bits per heavy atom. The molecule has 2 aromatic rings. The van der Waals surface area contributed by atoms with Crippen molar-refractivity contribution in [1.29, 1.82) is 0 Å². The summed E-state index contributed by atoms with van der Waals surface area (Å²) in [4.78, 5) is 4.55. The fourth-order valence-corrected chi connectivity index (χ4v) is 3.22. The third kappa shape index (κ3) is 3.35. The van der Waals surface area contributed by atoms with Gasteiger partial charge in [0.2, 0.25) is 5.88 Å². The van der Waals surface area contributed by atoms with Crippen LogP contribution in [-0.4, -0.2) is 18.6 Å². The van der Waals surface area contributed by atoms with Gasteiger partial charge in [0, 0.05) is 18.1 Å². The second kappa shape index (κ2) is 6.90. The fraction of sp³-hybridized carbons (Fsp3) is 0.500. The molecule has 1 aromatic carbocycles. The number of nitrogens with zero attached hydrogens (tertiary/aromatic N) is 1. The van der Waals surface area contributed by atoms with Gasteiger partial charge in [0.25, 0.3) is 0 Å². The average Bonchev–Trinajstić information content (AvgIpc) is 2.55. The van der Waals surface area contributed by atoms with Gasteiger partial charge in [-0.25, -0.2) is 4.98 Å². The summed E-state index contributed by atoms with van der Waals surface area (Å²) >= 11 is 0. The lowest BCUT2D eigenvalue weighted by Gasteiger charge is -2.21. The second-order valence-corrected chi connectivity index (χ2v) is 5.98. The standard InChI is InChI=1S/C18H24N2O/c1-19-11-15-12-20-18(17-10-6-5-9-16(15)17)21-13-14-7-3-2-4-8-14/h5-6,9-10,12,14,19H,2-4,7-8,11,13H2,1H3. The van der Waals surface area contributed by atoms with E-state index in [2.05, 4.69) is 34.6 Å². The average molecular weight is 284 g/mol. The van der Waals surface area contributed by atoms with Gasteiger partial charge in [0.15, 0.2) is 0 Å². The van der Waals surface area contributed by atoms with Crippen LogP contribution in [0.15, 0.2) is 30.5 Å². The van der Waals surface area contributed by atoms with Crippen LogP contribution in [0.2, 0.25) is 0 Å². The topological polar surface area (TPSA) is 34.2 Å². The largest absolute Gasteiger partial charge is 0.477 e. The molecule has 0 atom stereocenters. The molecule has 0 bridgehead atoms. The third-order valence-electron chi connectivity index (χ3n) is 4.39. The highest BCUT2D eigenvalue weighted by Crippen LogP contribution is 2.28. The van der Waals surface area contributed by atoms with Crippen LogP contribution in [0.4, 0.5) is 0 Å². The second-order valence-electron chi connectivity index (χ2n) is 5.98. The minimum Gasteiger partial charge on any atom is -0.477 e. The summed E-state index contributed by atoms with van der Waals surface area (Å²) in [6.45, 7) is 1.64. The number of hydrogen-bond donors (Lipinski definition) is 1. The summed E-state index contributed by atoms with van der Waals surface area (Å²) in [6.07, 6.45) is 8.63. The minimum atomic E-state index is 0.705. The molecule has 1 aromatic heterocycles. The van der Waals surface area contributed by atoms with Crippen molar-refractivity contribution in [3.63, 3.8) is 0 Å². The molecule has 1 N–H and O–H groups in total. The van der Waals surface area contributed by atoms with Crippen LogP contribution in [0.1, 0.15) is 37.7 Å². The molecular weight excluding hydrogens is 260 g/mol. The number of benzene rings is 1. The number of fused-ring (bicyclic) bond motifs is 1. The van der Waals surface area contributed by atoms with E-state index in [1.54, 1.807) is 0 Å². The predicted molar refractivity (Wildman–Crippen MR) is 86.6 cm³/mol. The first-order chi connectivity index (χ1) is 10.4. The Bertz CT molecular complexity index is 591. The molecule has 1 aliphatic rings. The van der Waals surface area contributed by atoms with Crippen molar-refractivity contribution in [3.05, 3.63) is 36.0 Å². The lowest BCUT2D eigenvalue weighted by molar-refractivity contribution is 0.205. The summed E-state index contributed by atoms with van der Waals surface area (Å²) < 4.78 is 6.06. The van der Waals surface area contributed by atoms with E-state index in [4.69, 9.17) is 4.74 Å². The molecule has 1 heterocycles. The van der Waals surface area contributed by atoms with Gasteiger partial charge in [-0.3, -0.25) is 0 Å². The Morgan fingerprint density at radius 1 is 1.14 bits per heavy atom. The number of pyridine rings is 1. The maximum Gasteiger partial charge on any atom is 0.221 e. The van der Waals surface area contributed by atoms with E-state index < -0.39 is 0 Å². The van der Waals surface area contributed by atoms with Crippen molar-refractivity contribution in [1.82, 2.24) is 10.3 Å². The highest BCUT2D eigenvalue weighted by Gasteiger charge is 2.15. The third-order valence-corrected chi connectivity index (χ3v) is 4.39. The van der Waals surface area contributed by atoms with Crippen molar-refractivity contribution in [2.75, 3.05) is 13.7 Å². The summed E-state index contributed by atoms with van der Waals surface area (Å²) in [7, 11) is 1.96. The number of hydrogen-bond acceptors (Lipinski definition) is 3. The van der Waals surface area contributed by atoms with E-state index in [1.807, 2.05) is 13.2 Å². The Hall–Kier alpha value is -1.61. The number of rotatable bonds is 5. The zero-order chi connectivity index (χ0) is 14.5. The smallest absolute Gasteiger partial charge is 0.221 e. The molecule has 1 saturated carbocycles. The van der Waals surface area contributed by atoms with Crippen molar-refractivity contribution < 1.29 is 4.74 Å². The molecule has 21 heavy (non-hydrogen) atoms. The van der Waals surface area contributed by atoms with Crippen LogP contribution < -0.4 is 10.1 Å². The van der Waals surface area contributed by atoms with E-state index >= 15 is 0 Å². The molecule has 0 spiro atoms. The quantitative estimate of drug-likeness (QED) is 0.903. The highest BCUT2D eigenvalue weighted by molar-refractivity contribution is 5.89. The van der Waals surface area contributed by atoms with E-state index in [-0.39, 0.29) is 0 Å². The Morgan fingerprint density at radius 2 is 1.90 bits per heavy atom. The van der Waals surface area contributed by atoms with Gasteiger partial charge in [0.05, 0.1) is 6.61 Å². The van der Waals surface area contributed by atoms with Gasteiger partial charge in [-0.05, 0) is 42.8 Å². The molecule has 0 unspecified atom stereocenters. The van der Waals surface area contributed by atoms with Crippen molar-refractivity contribution in [2.24, 2.45) is 5.92 Å². The molecule has 0 aliphatic heterocycles. The Kier molecular flexibility index (Phi) is 4.71. The predicted octanol–water partition coefficient (Wildman–Crippen LogP) is 3.91. The van der Waals surface area contributed by atoms with Crippen molar-refractivity contribution in [2.45, 2.75) is 38.6 Å². The zero-order valence-electron chi connectivity index (χ0n) is 12.8. The first kappa shape index (κ1) is 14.3. The monoisotopic (exact) mass is 284 g/mol. The maximum atomic E-state index is 6.06. The first-order valence-corrected chi connectivity index (χ1v) is 8.02. The zero-order valence-corrected chi connectivity index (χ0v) is 12.8. The highest BCUT2D eigenvalue weighted by atomic mass is 16.5. The van der Waals surface area contributed by atoms with E-state index in [0.29, 0.717) is 5.92 Å². The molecule has 112 valence electrons. The Labute approximate surface area is 126 Å². The summed E-state index contributed by atoms with van der Waals surface area (Å²) in [5, 5.41) is 5.56. The van der Waals surface area contributed by atoms with Gasteiger partial charge < -0.3 is 10.1 Å². The molecule has 1 aliphatic carbocycles. The molecule has 3 heteroatoms. The van der Waals surface area contributed by atoms with Gasteiger partial charge in [-0.1, -0.05) is 37.5 Å². The number of aromatic nitrogens is 1. The lowest BCUT2D eigenvalue weighted by Crippen LogP contribution is -2.16. The Balaban J connectivity index is 1.80.